The van der Waals surface area contributed by atoms with Crippen molar-refractivity contribution in [2.45, 2.75) is 64.7 Å². The third kappa shape index (κ3) is 26.9. The molecule has 47 heavy (non-hydrogen) atoms. The van der Waals surface area contributed by atoms with Crippen LogP contribution in [0.4, 0.5) is 0 Å². The monoisotopic (exact) mass is 690 g/mol. The zero-order chi connectivity index (χ0) is 35.3. The maximum absolute atomic E-state index is 12.7. The third-order valence-corrected chi connectivity index (χ3v) is 7.81. The number of ether oxygens (including phenoxy) is 4. The van der Waals surface area contributed by atoms with Gasteiger partial charge in [-0.1, -0.05) is 6.92 Å². The highest BCUT2D eigenvalue weighted by molar-refractivity contribution is 7.99. The fraction of sp³-hybridized carbons (Fsp3) is 0.774. The molecule has 0 fully saturated rings. The second-order valence-corrected chi connectivity index (χ2v) is 12.1. The van der Waals surface area contributed by atoms with Crippen LogP contribution < -0.4 is 22.5 Å². The average Bonchev–Trinajstić information content (AvgIpc) is 3.04. The zero-order valence-corrected chi connectivity index (χ0v) is 28.5. The number of Topliss-reactive ketones (excluding diaryl/α,β-unsaturated/α-hetero) is 4. The van der Waals surface area contributed by atoms with E-state index in [1.807, 2.05) is 6.92 Å². The number of ketones is 4. The summed E-state index contributed by atoms with van der Waals surface area (Å²) in [5.74, 6) is -2.11. The van der Waals surface area contributed by atoms with Crippen LogP contribution in [-0.4, -0.2) is 118 Å². The second-order valence-electron chi connectivity index (χ2n) is 10.7. The van der Waals surface area contributed by atoms with Gasteiger partial charge in [0.1, 0.15) is 17.3 Å². The molecule has 0 saturated heterocycles. The predicted octanol–water partition coefficient (Wildman–Crippen LogP) is -0.129. The van der Waals surface area contributed by atoms with Crippen LogP contribution in [0.2, 0.25) is 0 Å². The Kier molecular flexibility index (Phi) is 27.7. The van der Waals surface area contributed by atoms with Crippen LogP contribution >= 0.6 is 11.8 Å². The number of rotatable bonds is 34. The molecule has 2 atom stereocenters. The van der Waals surface area contributed by atoms with Gasteiger partial charge in [-0.2, -0.15) is 11.8 Å². The molecular formula is C31H54N4O11S. The van der Waals surface area contributed by atoms with Gasteiger partial charge in [0.05, 0.1) is 65.3 Å². The summed E-state index contributed by atoms with van der Waals surface area (Å²) in [6, 6.07) is 0. The van der Waals surface area contributed by atoms with Gasteiger partial charge in [0, 0.05) is 63.2 Å². The summed E-state index contributed by atoms with van der Waals surface area (Å²) < 4.78 is 21.8. The lowest BCUT2D eigenvalue weighted by Crippen LogP contribution is -2.32. The summed E-state index contributed by atoms with van der Waals surface area (Å²) in [6.45, 7) is 4.14. The van der Waals surface area contributed by atoms with E-state index >= 15 is 0 Å². The number of hydrogen-bond acceptors (Lipinski definition) is 13. The third-order valence-electron chi connectivity index (χ3n) is 6.76. The molecule has 0 aliphatic carbocycles. The highest BCUT2D eigenvalue weighted by Gasteiger charge is 2.22. The number of primary amides is 2. The topological polar surface area (TPSA) is 246 Å². The molecule has 0 saturated carbocycles. The smallest absolute Gasteiger partial charge is 0.221 e. The van der Waals surface area contributed by atoms with Gasteiger partial charge in [-0.15, -0.1) is 0 Å². The van der Waals surface area contributed by atoms with Crippen LogP contribution in [0.3, 0.4) is 0 Å². The summed E-state index contributed by atoms with van der Waals surface area (Å²) in [7, 11) is 0. The van der Waals surface area contributed by atoms with Crippen LogP contribution in [0.1, 0.15) is 64.7 Å². The molecule has 16 heteroatoms. The van der Waals surface area contributed by atoms with Gasteiger partial charge in [0.25, 0.3) is 0 Å². The van der Waals surface area contributed by atoms with E-state index in [9.17, 15) is 33.6 Å². The van der Waals surface area contributed by atoms with Gasteiger partial charge in [-0.3, -0.25) is 33.6 Å². The Morgan fingerprint density at radius 2 is 1.23 bits per heavy atom. The van der Waals surface area contributed by atoms with Crippen LogP contribution in [0, 0.1) is 11.8 Å². The minimum atomic E-state index is -0.697. The van der Waals surface area contributed by atoms with E-state index in [4.69, 9.17) is 36.1 Å². The molecule has 0 radical (unpaired) electrons. The Balaban J connectivity index is 3.95. The van der Waals surface area contributed by atoms with Crippen molar-refractivity contribution in [2.24, 2.45) is 29.0 Å². The van der Waals surface area contributed by atoms with Crippen molar-refractivity contribution in [3.63, 3.8) is 0 Å². The van der Waals surface area contributed by atoms with E-state index in [-0.39, 0.29) is 94.2 Å². The predicted molar refractivity (Wildman–Crippen MR) is 175 cm³/mol. The van der Waals surface area contributed by atoms with Gasteiger partial charge in [0.2, 0.25) is 17.7 Å². The van der Waals surface area contributed by atoms with Crippen molar-refractivity contribution in [1.29, 1.82) is 0 Å². The molecule has 0 spiro atoms. The van der Waals surface area contributed by atoms with Crippen molar-refractivity contribution >= 4 is 52.6 Å². The number of hydrogen-bond donors (Lipinski definition) is 4. The SMILES string of the molecule is CCSCC(CC(=O)CCOCCOCCOCCOCCCC(=O)C(CCC(N)=O)CC(=O)CNC(=O)CCC(=O)CN)C(N)=O. The average molecular weight is 691 g/mol. The Hall–Kier alpha value is -2.76. The van der Waals surface area contributed by atoms with Crippen molar-refractivity contribution in [3.05, 3.63) is 0 Å². The lowest BCUT2D eigenvalue weighted by molar-refractivity contribution is -0.130. The van der Waals surface area contributed by atoms with Crippen LogP contribution in [0.5, 0.6) is 0 Å². The number of thioether (sulfide) groups is 1. The van der Waals surface area contributed by atoms with Gasteiger partial charge < -0.3 is 41.5 Å². The lowest BCUT2D eigenvalue weighted by atomic mass is 9.90. The van der Waals surface area contributed by atoms with E-state index in [0.29, 0.717) is 58.4 Å². The first-order chi connectivity index (χ1) is 22.5. The normalized spacial score (nSPS) is 12.3. The Morgan fingerprint density at radius 3 is 1.79 bits per heavy atom. The van der Waals surface area contributed by atoms with Crippen molar-refractivity contribution in [3.8, 4) is 0 Å². The molecule has 0 aromatic rings. The van der Waals surface area contributed by atoms with Crippen LogP contribution in [-0.2, 0) is 52.5 Å². The van der Waals surface area contributed by atoms with E-state index in [0.717, 1.165) is 5.75 Å². The molecule has 0 aromatic carbocycles. The summed E-state index contributed by atoms with van der Waals surface area (Å²) >= 11 is 1.58. The highest BCUT2D eigenvalue weighted by atomic mass is 32.2. The first-order valence-electron chi connectivity index (χ1n) is 16.0. The molecule has 7 N–H and O–H groups in total. The van der Waals surface area contributed by atoms with E-state index in [1.54, 1.807) is 11.8 Å². The van der Waals surface area contributed by atoms with E-state index in [2.05, 4.69) is 5.32 Å². The zero-order valence-electron chi connectivity index (χ0n) is 27.6. The van der Waals surface area contributed by atoms with E-state index < -0.39 is 29.6 Å². The standard InChI is InChI=1S/C31H54N4O11S/c1-2-47-22-24(31(34)42)19-25(36)9-11-44-13-15-46-17-16-45-14-12-43-10-3-4-28(39)23(5-7-29(33)40)18-27(38)21-35-30(41)8-6-26(37)20-32/h23-24H,2-22,32H2,1H3,(H2,33,40)(H2,34,42)(H,35,41). The largest absolute Gasteiger partial charge is 0.379 e. The summed E-state index contributed by atoms with van der Waals surface area (Å²) in [5, 5.41) is 2.43. The van der Waals surface area contributed by atoms with Gasteiger partial charge in [-0.05, 0) is 18.6 Å². The molecule has 2 unspecified atom stereocenters. The maximum Gasteiger partial charge on any atom is 0.221 e. The number of amides is 3. The molecule has 3 amide bonds. The summed E-state index contributed by atoms with van der Waals surface area (Å²) in [6.07, 6.45) is 0.810. The molecule has 0 heterocycles. The highest BCUT2D eigenvalue weighted by Crippen LogP contribution is 2.16. The minimum absolute atomic E-state index is 0.0102. The molecule has 270 valence electrons. The van der Waals surface area contributed by atoms with Gasteiger partial charge in [0.15, 0.2) is 5.78 Å². The molecule has 0 bridgehead atoms. The summed E-state index contributed by atoms with van der Waals surface area (Å²) in [5.41, 5.74) is 15.8. The summed E-state index contributed by atoms with van der Waals surface area (Å²) in [4.78, 5) is 82.8. The second kappa shape index (κ2) is 29.4. The number of carbonyl (C=O) groups is 7. The molecule has 0 aliphatic heterocycles. The Morgan fingerprint density at radius 1 is 0.660 bits per heavy atom. The first kappa shape index (κ1) is 44.2. The quantitative estimate of drug-likeness (QED) is 0.0644. The molecule has 0 aliphatic rings. The first-order valence-corrected chi connectivity index (χ1v) is 17.2. The lowest BCUT2D eigenvalue weighted by Gasteiger charge is -2.15. The molecule has 0 rings (SSSR count). The fourth-order valence-electron chi connectivity index (χ4n) is 4.06. The molecular weight excluding hydrogens is 636 g/mol. The molecule has 0 aromatic heterocycles. The molecule has 15 nitrogen and oxygen atoms in total. The van der Waals surface area contributed by atoms with Crippen molar-refractivity contribution in [1.82, 2.24) is 5.32 Å². The van der Waals surface area contributed by atoms with E-state index in [1.165, 1.54) is 0 Å². The minimum Gasteiger partial charge on any atom is -0.379 e. The number of nitrogens with one attached hydrogen (secondary N) is 1. The Labute approximate surface area is 281 Å². The van der Waals surface area contributed by atoms with Crippen LogP contribution in [0.15, 0.2) is 0 Å². The number of nitrogens with two attached hydrogens (primary N) is 3. The fourth-order valence-corrected chi connectivity index (χ4v) is 4.86. The van der Waals surface area contributed by atoms with Gasteiger partial charge >= 0.3 is 0 Å². The maximum atomic E-state index is 12.7. The van der Waals surface area contributed by atoms with Crippen LogP contribution in [0.25, 0.3) is 0 Å². The van der Waals surface area contributed by atoms with Crippen molar-refractivity contribution < 1.29 is 52.5 Å². The Bertz CT molecular complexity index is 968. The van der Waals surface area contributed by atoms with Gasteiger partial charge in [-0.25, -0.2) is 0 Å². The van der Waals surface area contributed by atoms with Crippen molar-refractivity contribution in [2.75, 3.05) is 77.5 Å². The number of carbonyl (C=O) groups excluding carboxylic acids is 7.